The number of carbonyl (C=O) groups excluding carboxylic acids is 2. The van der Waals surface area contributed by atoms with Crippen molar-refractivity contribution < 1.29 is 18.7 Å². The molecule has 0 spiro atoms. The first-order chi connectivity index (χ1) is 12.5. The molecule has 1 aromatic heterocycles. The Morgan fingerprint density at radius 2 is 2.35 bits per heavy atom. The van der Waals surface area contributed by atoms with Gasteiger partial charge in [0.1, 0.15) is 18.5 Å². The van der Waals surface area contributed by atoms with Gasteiger partial charge < -0.3 is 10.1 Å². The van der Waals surface area contributed by atoms with Gasteiger partial charge >= 0.3 is 6.09 Å². The number of nitrogens with zero attached hydrogens (tertiary/aromatic N) is 4. The van der Waals surface area contributed by atoms with Crippen LogP contribution in [0.15, 0.2) is 30.6 Å². The van der Waals surface area contributed by atoms with Crippen LogP contribution < -0.4 is 10.2 Å². The Morgan fingerprint density at radius 3 is 3.04 bits per heavy atom. The number of nitriles is 1. The topological polar surface area (TPSA) is 100 Å². The van der Waals surface area contributed by atoms with E-state index in [4.69, 9.17) is 10.00 Å². The Kier molecular flexibility index (Phi) is 4.84. The smallest absolute Gasteiger partial charge is 0.414 e. The monoisotopic (exact) mass is 357 g/mol. The number of cyclic esters (lactones) is 1. The molecule has 1 N–H and O–H groups in total. The number of anilines is 1. The lowest BCUT2D eigenvalue weighted by molar-refractivity contribution is -0.119. The summed E-state index contributed by atoms with van der Waals surface area (Å²) < 4.78 is 21.1. The highest BCUT2D eigenvalue weighted by atomic mass is 19.1. The lowest BCUT2D eigenvalue weighted by atomic mass is 10.1. The predicted molar refractivity (Wildman–Crippen MR) is 89.5 cm³/mol. The molecule has 8 nitrogen and oxygen atoms in total. The average Bonchev–Trinajstić information content (AvgIpc) is 3.20. The third-order valence-corrected chi connectivity index (χ3v) is 3.89. The van der Waals surface area contributed by atoms with Crippen molar-refractivity contribution in [1.29, 1.82) is 5.26 Å². The van der Waals surface area contributed by atoms with Gasteiger partial charge in [0.15, 0.2) is 0 Å². The van der Waals surface area contributed by atoms with Crippen molar-refractivity contribution in [1.82, 2.24) is 15.1 Å². The van der Waals surface area contributed by atoms with Crippen molar-refractivity contribution in [3.05, 3.63) is 36.4 Å². The maximum atomic E-state index is 14.5. The second-order valence-electron chi connectivity index (χ2n) is 5.80. The molecule has 1 saturated heterocycles. The Bertz CT molecular complexity index is 889. The first kappa shape index (κ1) is 17.4. The van der Waals surface area contributed by atoms with Crippen LogP contribution in [0.2, 0.25) is 0 Å². The SMILES string of the molecule is CC(=O)NC[C@H]1CN(c2ccc(-c3cnn(CC#N)c3)c(F)c2)C(=O)O1. The number of hydrogen-bond donors (Lipinski definition) is 1. The number of nitrogens with one attached hydrogen (secondary N) is 1. The van der Waals surface area contributed by atoms with Crippen molar-refractivity contribution in [3.63, 3.8) is 0 Å². The molecule has 3 rings (SSSR count). The summed E-state index contributed by atoms with van der Waals surface area (Å²) in [6, 6.07) is 6.37. The minimum absolute atomic E-state index is 0.0784. The largest absolute Gasteiger partial charge is 0.442 e. The van der Waals surface area contributed by atoms with Crippen molar-refractivity contribution in [2.75, 3.05) is 18.0 Å². The number of rotatable bonds is 5. The lowest BCUT2D eigenvalue weighted by Crippen LogP contribution is -2.33. The van der Waals surface area contributed by atoms with Gasteiger partial charge in [-0.2, -0.15) is 10.4 Å². The van der Waals surface area contributed by atoms with E-state index in [2.05, 4.69) is 10.4 Å². The van der Waals surface area contributed by atoms with E-state index in [1.165, 1.54) is 28.8 Å². The van der Waals surface area contributed by atoms with E-state index in [0.29, 0.717) is 16.8 Å². The molecular weight excluding hydrogens is 341 g/mol. The molecule has 1 aliphatic heterocycles. The fourth-order valence-electron chi connectivity index (χ4n) is 2.66. The molecular formula is C17H16FN5O3. The van der Waals surface area contributed by atoms with E-state index >= 15 is 0 Å². The summed E-state index contributed by atoms with van der Waals surface area (Å²) in [6.45, 7) is 1.88. The molecule has 0 aliphatic carbocycles. The van der Waals surface area contributed by atoms with Gasteiger partial charge in [-0.25, -0.2) is 9.18 Å². The van der Waals surface area contributed by atoms with Crippen molar-refractivity contribution in [2.24, 2.45) is 0 Å². The van der Waals surface area contributed by atoms with Gasteiger partial charge in [-0.05, 0) is 18.2 Å². The number of benzene rings is 1. The third kappa shape index (κ3) is 3.64. The molecule has 1 aliphatic rings. The summed E-state index contributed by atoms with van der Waals surface area (Å²) in [4.78, 5) is 24.3. The number of aromatic nitrogens is 2. The van der Waals surface area contributed by atoms with Gasteiger partial charge in [0, 0.05) is 24.2 Å². The molecule has 0 radical (unpaired) electrons. The van der Waals surface area contributed by atoms with Crippen LogP contribution in [-0.2, 0) is 16.1 Å². The van der Waals surface area contributed by atoms with Crippen LogP contribution in [-0.4, -0.2) is 41.0 Å². The summed E-state index contributed by atoms with van der Waals surface area (Å²) in [5.41, 5.74) is 1.23. The van der Waals surface area contributed by atoms with Gasteiger partial charge in [-0.15, -0.1) is 0 Å². The molecule has 1 aromatic carbocycles. The van der Waals surface area contributed by atoms with Crippen molar-refractivity contribution >= 4 is 17.7 Å². The van der Waals surface area contributed by atoms with Crippen LogP contribution in [0.5, 0.6) is 0 Å². The van der Waals surface area contributed by atoms with Crippen LogP contribution in [0.25, 0.3) is 11.1 Å². The first-order valence-electron chi connectivity index (χ1n) is 7.90. The Balaban J connectivity index is 1.76. The quantitative estimate of drug-likeness (QED) is 0.877. The second-order valence-corrected chi connectivity index (χ2v) is 5.80. The number of carbonyl (C=O) groups is 2. The zero-order valence-corrected chi connectivity index (χ0v) is 14.0. The fourth-order valence-corrected chi connectivity index (χ4v) is 2.66. The summed E-state index contributed by atoms with van der Waals surface area (Å²) >= 11 is 0. The molecule has 2 heterocycles. The molecule has 2 aromatic rings. The molecule has 2 amide bonds. The zero-order chi connectivity index (χ0) is 18.7. The van der Waals surface area contributed by atoms with Gasteiger partial charge in [0.25, 0.3) is 0 Å². The van der Waals surface area contributed by atoms with Gasteiger partial charge in [-0.3, -0.25) is 14.4 Å². The van der Waals surface area contributed by atoms with Gasteiger partial charge in [0.05, 0.1) is 31.0 Å². The van der Waals surface area contributed by atoms with Crippen molar-refractivity contribution in [3.8, 4) is 17.2 Å². The number of hydrogen-bond acceptors (Lipinski definition) is 5. The summed E-state index contributed by atoms with van der Waals surface area (Å²) in [7, 11) is 0. The van der Waals surface area contributed by atoms with Crippen LogP contribution in [0.4, 0.5) is 14.9 Å². The minimum atomic E-state index is -0.589. The molecule has 9 heteroatoms. The number of halogens is 1. The number of ether oxygens (including phenoxy) is 1. The maximum absolute atomic E-state index is 14.5. The van der Waals surface area contributed by atoms with E-state index < -0.39 is 18.0 Å². The van der Waals surface area contributed by atoms with E-state index in [1.807, 2.05) is 6.07 Å². The average molecular weight is 357 g/mol. The molecule has 1 fully saturated rings. The normalized spacial score (nSPS) is 16.3. The summed E-state index contributed by atoms with van der Waals surface area (Å²) in [5.74, 6) is -0.732. The Hall–Kier alpha value is -3.41. The predicted octanol–water partition coefficient (Wildman–Crippen LogP) is 1.67. The summed E-state index contributed by atoms with van der Waals surface area (Å²) in [6.07, 6.45) is 1.98. The highest BCUT2D eigenvalue weighted by Gasteiger charge is 2.32. The van der Waals surface area contributed by atoms with E-state index in [1.54, 1.807) is 18.3 Å². The highest BCUT2D eigenvalue weighted by Crippen LogP contribution is 2.28. The molecule has 26 heavy (non-hydrogen) atoms. The van der Waals surface area contributed by atoms with Gasteiger partial charge in [0.2, 0.25) is 5.91 Å². The van der Waals surface area contributed by atoms with Crippen LogP contribution in [0.1, 0.15) is 6.92 Å². The fraction of sp³-hybridized carbons (Fsp3) is 0.294. The third-order valence-electron chi connectivity index (χ3n) is 3.89. The lowest BCUT2D eigenvalue weighted by Gasteiger charge is -2.14. The van der Waals surface area contributed by atoms with E-state index in [-0.39, 0.29) is 25.5 Å². The Labute approximate surface area is 148 Å². The summed E-state index contributed by atoms with van der Waals surface area (Å²) in [5, 5.41) is 15.2. The second kappa shape index (κ2) is 7.23. The molecule has 0 unspecified atom stereocenters. The first-order valence-corrected chi connectivity index (χ1v) is 7.90. The Morgan fingerprint density at radius 1 is 1.54 bits per heavy atom. The molecule has 1 atom stereocenters. The van der Waals surface area contributed by atoms with Crippen molar-refractivity contribution in [2.45, 2.75) is 19.6 Å². The highest BCUT2D eigenvalue weighted by molar-refractivity contribution is 5.90. The maximum Gasteiger partial charge on any atom is 0.414 e. The zero-order valence-electron chi connectivity index (χ0n) is 14.0. The van der Waals surface area contributed by atoms with Crippen LogP contribution in [0, 0.1) is 17.1 Å². The van der Waals surface area contributed by atoms with Crippen LogP contribution in [0.3, 0.4) is 0 Å². The van der Waals surface area contributed by atoms with Crippen LogP contribution >= 0.6 is 0 Å². The molecule has 134 valence electrons. The molecule has 0 bridgehead atoms. The van der Waals surface area contributed by atoms with E-state index in [0.717, 1.165) is 0 Å². The van der Waals surface area contributed by atoms with E-state index in [9.17, 15) is 14.0 Å². The number of amides is 2. The molecule has 0 saturated carbocycles. The minimum Gasteiger partial charge on any atom is -0.442 e. The standard InChI is InChI=1S/C17H16FN5O3/c1-11(24)20-8-14-10-23(17(25)26-14)13-2-3-15(16(18)6-13)12-7-21-22(9-12)5-4-19/h2-3,6-7,9,14H,5,8,10H2,1H3,(H,20,24)/t14-/m0/s1. The van der Waals surface area contributed by atoms with Gasteiger partial charge in [-0.1, -0.05) is 0 Å².